The summed E-state index contributed by atoms with van der Waals surface area (Å²) in [6, 6.07) is 5.88. The van der Waals surface area contributed by atoms with Crippen LogP contribution in [0.5, 0.6) is 0 Å². The Morgan fingerprint density at radius 3 is 2.95 bits per heavy atom. The Bertz CT molecular complexity index is 481. The molecular formula is C14H19Cl2N3S. The monoisotopic (exact) mass is 331 g/mol. The summed E-state index contributed by atoms with van der Waals surface area (Å²) in [4.78, 5) is 2.48. The molecule has 0 amide bonds. The number of likely N-dealkylation sites (tertiary alicyclic amines) is 1. The van der Waals surface area contributed by atoms with Crippen molar-refractivity contribution in [1.82, 2.24) is 10.2 Å². The van der Waals surface area contributed by atoms with Crippen LogP contribution in [0.4, 0.5) is 5.69 Å². The first-order chi connectivity index (χ1) is 9.60. The highest BCUT2D eigenvalue weighted by Crippen LogP contribution is 2.25. The molecule has 0 aliphatic carbocycles. The van der Waals surface area contributed by atoms with Gasteiger partial charge in [0.05, 0.1) is 10.7 Å². The van der Waals surface area contributed by atoms with Gasteiger partial charge in [-0.2, -0.15) is 0 Å². The summed E-state index contributed by atoms with van der Waals surface area (Å²) in [5, 5.41) is 8.15. The number of hydrogen-bond acceptors (Lipinski definition) is 2. The molecule has 0 bridgehead atoms. The fourth-order valence-electron chi connectivity index (χ4n) is 2.51. The predicted octanol–water partition coefficient (Wildman–Crippen LogP) is 3.76. The van der Waals surface area contributed by atoms with Crippen molar-refractivity contribution in [1.29, 1.82) is 0 Å². The van der Waals surface area contributed by atoms with E-state index in [9.17, 15) is 0 Å². The first kappa shape index (κ1) is 15.8. The Morgan fingerprint density at radius 2 is 2.25 bits per heavy atom. The molecule has 1 aromatic rings. The lowest BCUT2D eigenvalue weighted by Crippen LogP contribution is -2.41. The normalized spacial score (nSPS) is 19.1. The standard InChI is InChI=1S/C14H19Cl2N3S/c1-2-19-7-3-4-11(19)9-17-14(20)18-13-6-5-10(15)8-12(13)16/h5-6,8,11H,2-4,7,9H2,1H3,(H2,17,18,20). The van der Waals surface area contributed by atoms with E-state index in [0.717, 1.165) is 18.8 Å². The van der Waals surface area contributed by atoms with Gasteiger partial charge in [-0.05, 0) is 56.3 Å². The molecule has 1 atom stereocenters. The van der Waals surface area contributed by atoms with Crippen molar-refractivity contribution in [3.05, 3.63) is 28.2 Å². The quantitative estimate of drug-likeness (QED) is 0.821. The molecule has 2 rings (SSSR count). The average molecular weight is 332 g/mol. The zero-order chi connectivity index (χ0) is 14.5. The van der Waals surface area contributed by atoms with Crippen LogP contribution in [0.15, 0.2) is 18.2 Å². The van der Waals surface area contributed by atoms with Gasteiger partial charge in [-0.15, -0.1) is 0 Å². The fourth-order valence-corrected chi connectivity index (χ4v) is 3.16. The molecule has 1 unspecified atom stereocenters. The molecule has 1 aliphatic heterocycles. The maximum Gasteiger partial charge on any atom is 0.170 e. The van der Waals surface area contributed by atoms with Gasteiger partial charge >= 0.3 is 0 Å². The minimum Gasteiger partial charge on any atom is -0.361 e. The molecule has 20 heavy (non-hydrogen) atoms. The lowest BCUT2D eigenvalue weighted by Gasteiger charge is -2.23. The van der Waals surface area contributed by atoms with Crippen molar-refractivity contribution in [2.45, 2.75) is 25.8 Å². The van der Waals surface area contributed by atoms with Crippen molar-refractivity contribution in [3.63, 3.8) is 0 Å². The van der Waals surface area contributed by atoms with Crippen LogP contribution in [-0.2, 0) is 0 Å². The second-order valence-electron chi connectivity index (χ2n) is 4.88. The number of likely N-dealkylation sites (N-methyl/N-ethyl adjacent to an activating group) is 1. The van der Waals surface area contributed by atoms with Gasteiger partial charge in [0.1, 0.15) is 0 Å². The van der Waals surface area contributed by atoms with Gasteiger partial charge in [0.25, 0.3) is 0 Å². The number of hydrogen-bond donors (Lipinski definition) is 2. The van der Waals surface area contributed by atoms with Gasteiger partial charge < -0.3 is 10.6 Å². The number of benzene rings is 1. The van der Waals surface area contributed by atoms with Crippen molar-refractivity contribution in [3.8, 4) is 0 Å². The van der Waals surface area contributed by atoms with Gasteiger partial charge in [0.15, 0.2) is 5.11 Å². The third-order valence-corrected chi connectivity index (χ3v) is 4.38. The van der Waals surface area contributed by atoms with E-state index in [0.29, 0.717) is 21.2 Å². The molecular weight excluding hydrogens is 313 g/mol. The summed E-state index contributed by atoms with van der Waals surface area (Å²) in [5.41, 5.74) is 0.771. The third kappa shape index (κ3) is 4.22. The van der Waals surface area contributed by atoms with E-state index in [1.165, 1.54) is 19.4 Å². The van der Waals surface area contributed by atoms with Gasteiger partial charge in [-0.25, -0.2) is 0 Å². The van der Waals surface area contributed by atoms with Gasteiger partial charge in [-0.1, -0.05) is 30.1 Å². The van der Waals surface area contributed by atoms with Crippen LogP contribution in [0.2, 0.25) is 10.0 Å². The molecule has 1 aromatic carbocycles. The number of nitrogens with zero attached hydrogens (tertiary/aromatic N) is 1. The van der Waals surface area contributed by atoms with E-state index in [2.05, 4.69) is 22.5 Å². The number of halogens is 2. The molecule has 1 saturated heterocycles. The molecule has 1 heterocycles. The number of anilines is 1. The first-order valence-corrected chi connectivity index (χ1v) is 8.00. The second kappa shape index (κ2) is 7.46. The van der Waals surface area contributed by atoms with Crippen LogP contribution in [-0.4, -0.2) is 35.7 Å². The number of thiocarbonyl (C=S) groups is 1. The SMILES string of the molecule is CCN1CCCC1CNC(=S)Nc1ccc(Cl)cc1Cl. The maximum absolute atomic E-state index is 6.10. The van der Waals surface area contributed by atoms with Crippen LogP contribution >= 0.6 is 35.4 Å². The summed E-state index contributed by atoms with van der Waals surface area (Å²) < 4.78 is 0. The molecule has 2 N–H and O–H groups in total. The summed E-state index contributed by atoms with van der Waals surface area (Å²) in [6.45, 7) is 5.34. The molecule has 0 spiro atoms. The zero-order valence-corrected chi connectivity index (χ0v) is 13.8. The van der Waals surface area contributed by atoms with Crippen LogP contribution in [0.1, 0.15) is 19.8 Å². The minimum atomic E-state index is 0.567. The van der Waals surface area contributed by atoms with E-state index in [4.69, 9.17) is 35.4 Å². The molecule has 6 heteroatoms. The fraction of sp³-hybridized carbons (Fsp3) is 0.500. The highest BCUT2D eigenvalue weighted by atomic mass is 35.5. The maximum atomic E-state index is 6.10. The van der Waals surface area contributed by atoms with Crippen molar-refractivity contribution in [2.75, 3.05) is 25.0 Å². The second-order valence-corrected chi connectivity index (χ2v) is 6.14. The van der Waals surface area contributed by atoms with Crippen molar-refractivity contribution in [2.24, 2.45) is 0 Å². The van der Waals surface area contributed by atoms with Gasteiger partial charge in [0.2, 0.25) is 0 Å². The summed E-state index contributed by atoms with van der Waals surface area (Å²) in [5.74, 6) is 0. The van der Waals surface area contributed by atoms with Crippen molar-refractivity contribution >= 4 is 46.2 Å². The number of nitrogens with one attached hydrogen (secondary N) is 2. The zero-order valence-electron chi connectivity index (χ0n) is 11.5. The van der Waals surface area contributed by atoms with E-state index in [1.807, 2.05) is 6.07 Å². The van der Waals surface area contributed by atoms with Crippen LogP contribution in [0.25, 0.3) is 0 Å². The van der Waals surface area contributed by atoms with Gasteiger partial charge in [-0.3, -0.25) is 4.90 Å². The molecule has 1 aliphatic rings. The largest absolute Gasteiger partial charge is 0.361 e. The molecule has 1 fully saturated rings. The highest BCUT2D eigenvalue weighted by Gasteiger charge is 2.22. The summed E-state index contributed by atoms with van der Waals surface area (Å²) >= 11 is 17.3. The summed E-state index contributed by atoms with van der Waals surface area (Å²) in [6.07, 6.45) is 2.49. The van der Waals surface area contributed by atoms with Crippen LogP contribution < -0.4 is 10.6 Å². The van der Waals surface area contributed by atoms with Crippen LogP contribution in [0, 0.1) is 0 Å². The molecule has 3 nitrogen and oxygen atoms in total. The van der Waals surface area contributed by atoms with E-state index < -0.39 is 0 Å². The van der Waals surface area contributed by atoms with Gasteiger partial charge in [0, 0.05) is 17.6 Å². The topological polar surface area (TPSA) is 27.3 Å². The Kier molecular flexibility index (Phi) is 5.90. The molecule has 0 saturated carbocycles. The van der Waals surface area contributed by atoms with Crippen molar-refractivity contribution < 1.29 is 0 Å². The number of rotatable bonds is 4. The minimum absolute atomic E-state index is 0.567. The average Bonchev–Trinajstić information content (AvgIpc) is 2.87. The summed E-state index contributed by atoms with van der Waals surface area (Å²) in [7, 11) is 0. The Balaban J connectivity index is 1.83. The predicted molar refractivity (Wildman–Crippen MR) is 91.0 cm³/mol. The Labute approximate surface area is 135 Å². The lowest BCUT2D eigenvalue weighted by molar-refractivity contribution is 0.267. The van der Waals surface area contributed by atoms with E-state index in [1.54, 1.807) is 12.1 Å². The lowest BCUT2D eigenvalue weighted by atomic mass is 10.2. The van der Waals surface area contributed by atoms with E-state index in [-0.39, 0.29) is 0 Å². The first-order valence-electron chi connectivity index (χ1n) is 6.84. The molecule has 0 radical (unpaired) electrons. The Hall–Kier alpha value is -0.550. The molecule has 0 aromatic heterocycles. The van der Waals surface area contributed by atoms with Crippen LogP contribution in [0.3, 0.4) is 0 Å². The molecule has 110 valence electrons. The smallest absolute Gasteiger partial charge is 0.170 e. The van der Waals surface area contributed by atoms with E-state index >= 15 is 0 Å². The Morgan fingerprint density at radius 1 is 1.45 bits per heavy atom. The third-order valence-electron chi connectivity index (χ3n) is 3.58. The highest BCUT2D eigenvalue weighted by molar-refractivity contribution is 7.80.